The molecular formula is C19H14ClN3O3S2. The summed E-state index contributed by atoms with van der Waals surface area (Å²) in [4.78, 5) is 26.0. The fraction of sp³-hybridized carbons (Fsp3) is 0.105. The molecule has 3 aromatic heterocycles. The van der Waals surface area contributed by atoms with Crippen LogP contribution in [0.2, 0.25) is 5.02 Å². The quantitative estimate of drug-likeness (QED) is 0.460. The van der Waals surface area contributed by atoms with E-state index in [9.17, 15) is 14.7 Å². The number of rotatable bonds is 4. The second-order valence-corrected chi connectivity index (χ2v) is 8.50. The van der Waals surface area contributed by atoms with Crippen LogP contribution in [0.5, 0.6) is 0 Å². The van der Waals surface area contributed by atoms with Gasteiger partial charge in [0.2, 0.25) is 0 Å². The van der Waals surface area contributed by atoms with Crippen LogP contribution in [-0.2, 0) is 7.05 Å². The number of nitrogens with one attached hydrogen (secondary N) is 1. The number of fused-ring (bicyclic) bond motifs is 1. The van der Waals surface area contributed by atoms with Gasteiger partial charge in [-0.25, -0.2) is 4.79 Å². The molecule has 0 fully saturated rings. The molecule has 0 radical (unpaired) electrons. The SMILES string of the molecule is Cc1nn(C)c2sc(C(=O)Nc3scc(-c4ccc(Cl)cc4)c3C(=O)O)cc12. The molecule has 6 nitrogen and oxygen atoms in total. The van der Waals surface area contributed by atoms with E-state index in [1.165, 1.54) is 22.7 Å². The number of nitrogens with zero attached hydrogens (tertiary/aromatic N) is 2. The molecule has 0 spiro atoms. The first-order chi connectivity index (χ1) is 13.3. The van der Waals surface area contributed by atoms with Gasteiger partial charge in [-0.15, -0.1) is 22.7 Å². The Bertz CT molecular complexity index is 1190. The third kappa shape index (κ3) is 3.19. The van der Waals surface area contributed by atoms with Crippen molar-refractivity contribution in [1.82, 2.24) is 9.78 Å². The Morgan fingerprint density at radius 2 is 1.96 bits per heavy atom. The first-order valence-corrected chi connectivity index (χ1v) is 10.3. The van der Waals surface area contributed by atoms with Crippen molar-refractivity contribution in [2.75, 3.05) is 5.32 Å². The fourth-order valence-corrected chi connectivity index (χ4v) is 5.09. The van der Waals surface area contributed by atoms with Gasteiger partial charge in [-0.1, -0.05) is 23.7 Å². The second-order valence-electron chi connectivity index (χ2n) is 6.16. The molecule has 2 N–H and O–H groups in total. The van der Waals surface area contributed by atoms with Crippen LogP contribution < -0.4 is 5.32 Å². The number of aryl methyl sites for hydroxylation is 2. The zero-order valence-corrected chi connectivity index (χ0v) is 17.2. The maximum atomic E-state index is 12.7. The highest BCUT2D eigenvalue weighted by molar-refractivity contribution is 7.20. The van der Waals surface area contributed by atoms with Gasteiger partial charge in [0.05, 0.1) is 10.6 Å². The molecule has 0 unspecified atom stereocenters. The van der Waals surface area contributed by atoms with Crippen LogP contribution in [0, 0.1) is 6.92 Å². The highest BCUT2D eigenvalue weighted by Gasteiger charge is 2.23. The lowest BCUT2D eigenvalue weighted by atomic mass is 10.0. The Morgan fingerprint density at radius 1 is 1.25 bits per heavy atom. The number of benzene rings is 1. The molecule has 0 saturated carbocycles. The van der Waals surface area contributed by atoms with Crippen LogP contribution in [0.15, 0.2) is 35.7 Å². The number of carboxylic acids is 1. The van der Waals surface area contributed by atoms with Gasteiger partial charge in [0.25, 0.3) is 5.91 Å². The maximum absolute atomic E-state index is 12.7. The molecule has 28 heavy (non-hydrogen) atoms. The highest BCUT2D eigenvalue weighted by Crippen LogP contribution is 2.37. The normalized spacial score (nSPS) is 11.1. The predicted octanol–water partition coefficient (Wildman–Crippen LogP) is 5.28. The van der Waals surface area contributed by atoms with Crippen LogP contribution in [0.4, 0.5) is 5.00 Å². The summed E-state index contributed by atoms with van der Waals surface area (Å²) in [5.74, 6) is -1.44. The number of hydrogen-bond donors (Lipinski definition) is 2. The first kappa shape index (κ1) is 18.7. The molecule has 0 aliphatic rings. The summed E-state index contributed by atoms with van der Waals surface area (Å²) in [6.45, 7) is 1.89. The average Bonchev–Trinajstić information content (AvgIpc) is 3.32. The van der Waals surface area contributed by atoms with E-state index >= 15 is 0 Å². The van der Waals surface area contributed by atoms with Crippen LogP contribution in [-0.4, -0.2) is 26.8 Å². The van der Waals surface area contributed by atoms with Gasteiger partial charge in [-0.2, -0.15) is 5.10 Å². The van der Waals surface area contributed by atoms with Crippen molar-refractivity contribution >= 4 is 61.4 Å². The summed E-state index contributed by atoms with van der Waals surface area (Å²) < 4.78 is 1.73. The van der Waals surface area contributed by atoms with Crippen LogP contribution >= 0.6 is 34.3 Å². The van der Waals surface area contributed by atoms with E-state index in [2.05, 4.69) is 10.4 Å². The lowest BCUT2D eigenvalue weighted by Crippen LogP contribution is -2.12. The molecule has 0 saturated heterocycles. The largest absolute Gasteiger partial charge is 0.478 e. The number of hydrogen-bond acceptors (Lipinski definition) is 5. The minimum atomic E-state index is -1.10. The summed E-state index contributed by atoms with van der Waals surface area (Å²) in [5.41, 5.74) is 2.18. The van der Waals surface area contributed by atoms with Crippen molar-refractivity contribution in [1.29, 1.82) is 0 Å². The van der Waals surface area contributed by atoms with Gasteiger partial charge in [0.1, 0.15) is 15.4 Å². The van der Waals surface area contributed by atoms with E-state index in [0.717, 1.165) is 21.5 Å². The second kappa shape index (κ2) is 7.05. The molecule has 3 heterocycles. The highest BCUT2D eigenvalue weighted by atomic mass is 35.5. The van der Waals surface area contributed by atoms with E-state index in [1.54, 1.807) is 40.4 Å². The van der Waals surface area contributed by atoms with E-state index < -0.39 is 5.97 Å². The number of carbonyl (C=O) groups is 2. The van der Waals surface area contributed by atoms with Gasteiger partial charge >= 0.3 is 5.97 Å². The standard InChI is InChI=1S/C19H14ClN3O3S2/c1-9-12-7-14(28-18(12)23(2)22-9)16(24)21-17-15(19(25)26)13(8-27-17)10-3-5-11(20)6-4-10/h3-8H,1-2H3,(H,21,24)(H,25,26). The van der Waals surface area contributed by atoms with Crippen molar-refractivity contribution in [3.63, 3.8) is 0 Å². The lowest BCUT2D eigenvalue weighted by Gasteiger charge is -2.05. The topological polar surface area (TPSA) is 84.2 Å². The molecule has 4 aromatic rings. The minimum Gasteiger partial charge on any atom is -0.478 e. The van der Waals surface area contributed by atoms with Crippen LogP contribution in [0.25, 0.3) is 21.3 Å². The molecule has 4 rings (SSSR count). The molecule has 0 aliphatic carbocycles. The zero-order chi connectivity index (χ0) is 20.0. The summed E-state index contributed by atoms with van der Waals surface area (Å²) >= 11 is 8.42. The van der Waals surface area contributed by atoms with E-state index in [0.29, 0.717) is 20.5 Å². The molecule has 1 amide bonds. The van der Waals surface area contributed by atoms with Crippen molar-refractivity contribution < 1.29 is 14.7 Å². The number of carboxylic acid groups (broad SMARTS) is 1. The van der Waals surface area contributed by atoms with Gasteiger partial charge in [0.15, 0.2) is 0 Å². The van der Waals surface area contributed by atoms with E-state index in [-0.39, 0.29) is 11.5 Å². The number of anilines is 1. The summed E-state index contributed by atoms with van der Waals surface area (Å²) in [6.07, 6.45) is 0. The summed E-state index contributed by atoms with van der Waals surface area (Å²) in [7, 11) is 1.83. The molecular weight excluding hydrogens is 418 g/mol. The number of carbonyl (C=O) groups excluding carboxylic acids is 1. The van der Waals surface area contributed by atoms with Gasteiger partial charge in [-0.3, -0.25) is 9.48 Å². The Kier molecular flexibility index (Phi) is 4.70. The van der Waals surface area contributed by atoms with Gasteiger partial charge < -0.3 is 10.4 Å². The number of amides is 1. The van der Waals surface area contributed by atoms with Gasteiger partial charge in [0, 0.05) is 28.4 Å². The Labute approximate surface area is 173 Å². The maximum Gasteiger partial charge on any atom is 0.339 e. The van der Waals surface area contributed by atoms with Gasteiger partial charge in [-0.05, 0) is 30.7 Å². The Hall–Kier alpha value is -2.68. The lowest BCUT2D eigenvalue weighted by molar-refractivity contribution is 0.0699. The smallest absolute Gasteiger partial charge is 0.339 e. The molecule has 0 atom stereocenters. The number of thiophene rings is 2. The number of aromatic nitrogens is 2. The molecule has 0 bridgehead atoms. The average molecular weight is 432 g/mol. The zero-order valence-electron chi connectivity index (χ0n) is 14.8. The third-order valence-electron chi connectivity index (χ3n) is 4.31. The molecule has 0 aliphatic heterocycles. The summed E-state index contributed by atoms with van der Waals surface area (Å²) in [5, 5.41) is 20.3. The van der Waals surface area contributed by atoms with Crippen molar-refractivity contribution in [2.24, 2.45) is 7.05 Å². The number of aromatic carboxylic acids is 1. The van der Waals surface area contributed by atoms with Crippen LogP contribution in [0.1, 0.15) is 25.7 Å². The monoisotopic (exact) mass is 431 g/mol. The van der Waals surface area contributed by atoms with E-state index in [1.807, 2.05) is 14.0 Å². The van der Waals surface area contributed by atoms with Crippen molar-refractivity contribution in [2.45, 2.75) is 6.92 Å². The summed E-state index contributed by atoms with van der Waals surface area (Å²) in [6, 6.07) is 8.69. The molecule has 9 heteroatoms. The predicted molar refractivity (Wildman–Crippen MR) is 113 cm³/mol. The minimum absolute atomic E-state index is 0.0691. The Balaban J connectivity index is 1.68. The van der Waals surface area contributed by atoms with Crippen molar-refractivity contribution in [3.05, 3.63) is 56.9 Å². The molecule has 142 valence electrons. The van der Waals surface area contributed by atoms with Crippen LogP contribution in [0.3, 0.4) is 0 Å². The van der Waals surface area contributed by atoms with E-state index in [4.69, 9.17) is 11.6 Å². The third-order valence-corrected chi connectivity index (χ3v) is 6.66. The Morgan fingerprint density at radius 3 is 2.61 bits per heavy atom. The molecule has 1 aromatic carbocycles. The number of halogens is 1. The first-order valence-electron chi connectivity index (χ1n) is 8.20. The van der Waals surface area contributed by atoms with Crippen molar-refractivity contribution in [3.8, 4) is 11.1 Å². The fourth-order valence-electron chi connectivity index (χ4n) is 2.99.